The number of hydrogen-bond acceptors (Lipinski definition) is 1. The highest BCUT2D eigenvalue weighted by Crippen LogP contribution is 2.16. The van der Waals surface area contributed by atoms with Gasteiger partial charge in [-0.2, -0.15) is 0 Å². The van der Waals surface area contributed by atoms with Crippen LogP contribution in [0.2, 0.25) is 0 Å². The van der Waals surface area contributed by atoms with Gasteiger partial charge in [0.05, 0.1) is 0 Å². The predicted octanol–water partition coefficient (Wildman–Crippen LogP) is 3.48. The number of carbonyl (C=O) groups excluding carboxylic acids is 1. The van der Waals surface area contributed by atoms with E-state index in [1.165, 1.54) is 0 Å². The molecule has 2 rings (SSSR count). The fourth-order valence-electron chi connectivity index (χ4n) is 1.66. The van der Waals surface area contributed by atoms with Crippen LogP contribution >= 0.6 is 31.9 Å². The number of carbonyl (C=O) groups is 1. The molecule has 0 saturated carbocycles. The molecule has 5 heteroatoms. The van der Waals surface area contributed by atoms with Gasteiger partial charge < -0.3 is 9.88 Å². The molecule has 0 fully saturated rings. The number of nitrogens with zero attached hydrogens (tertiary/aromatic N) is 1. The third kappa shape index (κ3) is 3.03. The second kappa shape index (κ2) is 5.71. The molecule has 3 nitrogen and oxygen atoms in total. The van der Waals surface area contributed by atoms with Crippen LogP contribution in [-0.4, -0.2) is 10.5 Å². The van der Waals surface area contributed by atoms with Crippen molar-refractivity contribution in [3.05, 3.63) is 56.7 Å². The largest absolute Gasteiger partial charge is 0.347 e. The Balaban J connectivity index is 2.05. The zero-order valence-corrected chi connectivity index (χ0v) is 13.0. The van der Waals surface area contributed by atoms with Crippen LogP contribution in [0.25, 0.3) is 0 Å². The number of aromatic nitrogens is 1. The van der Waals surface area contributed by atoms with Gasteiger partial charge in [0.1, 0.15) is 5.69 Å². The van der Waals surface area contributed by atoms with Gasteiger partial charge in [-0.1, -0.05) is 34.1 Å². The van der Waals surface area contributed by atoms with Crippen molar-refractivity contribution >= 4 is 37.8 Å². The maximum atomic E-state index is 12.0. The molecule has 0 saturated heterocycles. The minimum Gasteiger partial charge on any atom is -0.347 e. The molecule has 0 unspecified atom stereocenters. The molecule has 1 N–H and O–H groups in total. The van der Waals surface area contributed by atoms with Crippen LogP contribution in [0, 0.1) is 0 Å². The van der Waals surface area contributed by atoms with E-state index in [0.717, 1.165) is 14.5 Å². The quantitative estimate of drug-likeness (QED) is 0.880. The minimum absolute atomic E-state index is 0.0843. The Morgan fingerprint density at radius 2 is 2.06 bits per heavy atom. The SMILES string of the molecule is Cn1cc(Br)cc1C(=O)NCc1ccccc1Br. The Hall–Kier alpha value is -1.07. The second-order valence-electron chi connectivity index (χ2n) is 3.93. The summed E-state index contributed by atoms with van der Waals surface area (Å²) in [4.78, 5) is 12.0. The third-order valence-electron chi connectivity index (χ3n) is 2.60. The summed E-state index contributed by atoms with van der Waals surface area (Å²) in [6.07, 6.45) is 1.85. The summed E-state index contributed by atoms with van der Waals surface area (Å²) in [5, 5.41) is 2.90. The molecule has 0 radical (unpaired) electrons. The summed E-state index contributed by atoms with van der Waals surface area (Å²) < 4.78 is 3.69. The predicted molar refractivity (Wildman–Crippen MR) is 78.4 cm³/mol. The van der Waals surface area contributed by atoms with Crippen LogP contribution < -0.4 is 5.32 Å². The number of benzene rings is 1. The second-order valence-corrected chi connectivity index (χ2v) is 5.70. The molecule has 0 aliphatic carbocycles. The lowest BCUT2D eigenvalue weighted by Gasteiger charge is -2.07. The first kappa shape index (κ1) is 13.4. The summed E-state index contributed by atoms with van der Waals surface area (Å²) >= 11 is 6.81. The number of amides is 1. The van der Waals surface area contributed by atoms with Crippen LogP contribution in [0.3, 0.4) is 0 Å². The molecule has 1 aromatic heterocycles. The highest BCUT2D eigenvalue weighted by Gasteiger charge is 2.10. The van der Waals surface area contributed by atoms with E-state index in [2.05, 4.69) is 37.2 Å². The van der Waals surface area contributed by atoms with Gasteiger partial charge in [-0.05, 0) is 33.6 Å². The minimum atomic E-state index is -0.0843. The van der Waals surface area contributed by atoms with E-state index in [-0.39, 0.29) is 5.91 Å². The van der Waals surface area contributed by atoms with Gasteiger partial charge in [-0.25, -0.2) is 0 Å². The van der Waals surface area contributed by atoms with Crippen LogP contribution in [-0.2, 0) is 13.6 Å². The average Bonchev–Trinajstić information content (AvgIpc) is 2.67. The number of nitrogens with one attached hydrogen (secondary N) is 1. The maximum absolute atomic E-state index is 12.0. The Kier molecular flexibility index (Phi) is 4.24. The zero-order valence-electron chi connectivity index (χ0n) is 9.78. The van der Waals surface area contributed by atoms with Crippen molar-refractivity contribution in [2.75, 3.05) is 0 Å². The fourth-order valence-corrected chi connectivity index (χ4v) is 2.61. The van der Waals surface area contributed by atoms with Crippen molar-refractivity contribution in [3.8, 4) is 0 Å². The Morgan fingerprint density at radius 3 is 2.67 bits per heavy atom. The van der Waals surface area contributed by atoms with Crippen molar-refractivity contribution in [3.63, 3.8) is 0 Å². The average molecular weight is 372 g/mol. The summed E-state index contributed by atoms with van der Waals surface area (Å²) in [5.41, 5.74) is 1.69. The van der Waals surface area contributed by atoms with Gasteiger partial charge in [-0.3, -0.25) is 4.79 Å². The van der Waals surface area contributed by atoms with E-state index in [1.54, 1.807) is 10.6 Å². The Morgan fingerprint density at radius 1 is 1.33 bits per heavy atom. The molecule has 0 spiro atoms. The standard InChI is InChI=1S/C13H12Br2N2O/c1-17-8-10(14)6-12(17)13(18)16-7-9-4-2-3-5-11(9)15/h2-6,8H,7H2,1H3,(H,16,18). The number of hydrogen-bond donors (Lipinski definition) is 1. The molecule has 2 aromatic rings. The fraction of sp³-hybridized carbons (Fsp3) is 0.154. The lowest BCUT2D eigenvalue weighted by Crippen LogP contribution is -2.24. The first-order chi connectivity index (χ1) is 8.58. The molecule has 0 aliphatic heterocycles. The molecule has 0 aliphatic rings. The first-order valence-corrected chi connectivity index (χ1v) is 7.00. The van der Waals surface area contributed by atoms with Crippen molar-refractivity contribution in [1.29, 1.82) is 0 Å². The molecule has 0 bridgehead atoms. The van der Waals surface area contributed by atoms with Crippen molar-refractivity contribution in [1.82, 2.24) is 9.88 Å². The van der Waals surface area contributed by atoms with Gasteiger partial charge >= 0.3 is 0 Å². The van der Waals surface area contributed by atoms with Crippen LogP contribution in [0.1, 0.15) is 16.1 Å². The Bertz CT molecular complexity index is 578. The van der Waals surface area contributed by atoms with Gasteiger partial charge in [-0.15, -0.1) is 0 Å². The highest BCUT2D eigenvalue weighted by molar-refractivity contribution is 9.10. The van der Waals surface area contributed by atoms with E-state index in [0.29, 0.717) is 12.2 Å². The molecular weight excluding hydrogens is 360 g/mol. The zero-order chi connectivity index (χ0) is 13.1. The lowest BCUT2D eigenvalue weighted by atomic mass is 10.2. The summed E-state index contributed by atoms with van der Waals surface area (Å²) in [7, 11) is 1.85. The normalized spacial score (nSPS) is 10.4. The van der Waals surface area contributed by atoms with Crippen LogP contribution in [0.4, 0.5) is 0 Å². The van der Waals surface area contributed by atoms with Gasteiger partial charge in [0, 0.05) is 28.7 Å². The van der Waals surface area contributed by atoms with Gasteiger partial charge in [0.25, 0.3) is 5.91 Å². The lowest BCUT2D eigenvalue weighted by molar-refractivity contribution is 0.0942. The van der Waals surface area contributed by atoms with E-state index in [1.807, 2.05) is 37.5 Å². The number of rotatable bonds is 3. The molecule has 0 atom stereocenters. The van der Waals surface area contributed by atoms with E-state index in [4.69, 9.17) is 0 Å². The molecule has 1 aromatic carbocycles. The van der Waals surface area contributed by atoms with E-state index < -0.39 is 0 Å². The monoisotopic (exact) mass is 370 g/mol. The number of halogens is 2. The summed E-state index contributed by atoms with van der Waals surface area (Å²) in [5.74, 6) is -0.0843. The van der Waals surface area contributed by atoms with E-state index >= 15 is 0 Å². The molecule has 1 amide bonds. The molecule has 94 valence electrons. The third-order valence-corrected chi connectivity index (χ3v) is 3.81. The van der Waals surface area contributed by atoms with Gasteiger partial charge in [0.2, 0.25) is 0 Å². The molecule has 18 heavy (non-hydrogen) atoms. The summed E-state index contributed by atoms with van der Waals surface area (Å²) in [6.45, 7) is 0.503. The molecular formula is C13H12Br2N2O. The smallest absolute Gasteiger partial charge is 0.268 e. The van der Waals surface area contributed by atoms with Gasteiger partial charge in [0.15, 0.2) is 0 Å². The van der Waals surface area contributed by atoms with E-state index in [9.17, 15) is 4.79 Å². The molecule has 1 heterocycles. The topological polar surface area (TPSA) is 34.0 Å². The van der Waals surface area contributed by atoms with Crippen LogP contribution in [0.15, 0.2) is 45.5 Å². The highest BCUT2D eigenvalue weighted by atomic mass is 79.9. The summed E-state index contributed by atoms with van der Waals surface area (Å²) in [6, 6.07) is 9.64. The van der Waals surface area contributed by atoms with Crippen molar-refractivity contribution in [2.45, 2.75) is 6.54 Å². The maximum Gasteiger partial charge on any atom is 0.268 e. The van der Waals surface area contributed by atoms with Crippen molar-refractivity contribution in [2.24, 2.45) is 7.05 Å². The Labute approximate surface area is 122 Å². The van der Waals surface area contributed by atoms with Crippen molar-refractivity contribution < 1.29 is 4.79 Å². The number of aryl methyl sites for hydroxylation is 1. The van der Waals surface area contributed by atoms with Crippen LogP contribution in [0.5, 0.6) is 0 Å². The first-order valence-electron chi connectivity index (χ1n) is 5.41.